The van der Waals surface area contributed by atoms with E-state index in [1.54, 1.807) is 29.2 Å². The number of nitriles is 1. The highest BCUT2D eigenvalue weighted by molar-refractivity contribution is 7.16. The van der Waals surface area contributed by atoms with Crippen LogP contribution in [-0.2, 0) is 27.2 Å². The van der Waals surface area contributed by atoms with Crippen LogP contribution in [0.1, 0.15) is 58.5 Å². The number of carbonyl (C=O) groups excluding carboxylic acids is 3. The second kappa shape index (κ2) is 9.31. The lowest BCUT2D eigenvalue weighted by Crippen LogP contribution is -2.24. The smallest absolute Gasteiger partial charge is 0.338 e. The zero-order chi connectivity index (χ0) is 21.8. The van der Waals surface area contributed by atoms with Crippen LogP contribution in [0, 0.1) is 11.3 Å². The summed E-state index contributed by atoms with van der Waals surface area (Å²) in [5.74, 6) is -1.08. The van der Waals surface area contributed by atoms with Gasteiger partial charge in [-0.2, -0.15) is 5.26 Å². The Kier molecular flexibility index (Phi) is 6.33. The van der Waals surface area contributed by atoms with Gasteiger partial charge in [0.1, 0.15) is 11.1 Å². The molecule has 31 heavy (non-hydrogen) atoms. The van der Waals surface area contributed by atoms with E-state index < -0.39 is 18.5 Å². The van der Waals surface area contributed by atoms with E-state index in [9.17, 15) is 19.6 Å². The summed E-state index contributed by atoms with van der Waals surface area (Å²) in [6.07, 6.45) is 6.37. The van der Waals surface area contributed by atoms with Crippen molar-refractivity contribution in [2.24, 2.45) is 0 Å². The molecule has 0 unspecified atom stereocenters. The van der Waals surface area contributed by atoms with Crippen molar-refractivity contribution in [1.29, 1.82) is 5.26 Å². The third kappa shape index (κ3) is 4.62. The van der Waals surface area contributed by atoms with Crippen LogP contribution in [0.15, 0.2) is 24.3 Å². The number of nitrogens with one attached hydrogen (secondary N) is 1. The van der Waals surface area contributed by atoms with Gasteiger partial charge in [0.15, 0.2) is 6.61 Å². The van der Waals surface area contributed by atoms with E-state index in [2.05, 4.69) is 11.4 Å². The van der Waals surface area contributed by atoms with Gasteiger partial charge in [0.2, 0.25) is 5.91 Å². The van der Waals surface area contributed by atoms with Crippen molar-refractivity contribution in [1.82, 2.24) is 0 Å². The molecule has 7 nitrogen and oxygen atoms in total. The molecule has 1 fully saturated rings. The Morgan fingerprint density at radius 3 is 2.77 bits per heavy atom. The SMILES string of the molecule is N#Cc1c(NC(=O)COC(=O)c2cccc(N3CCCC3=O)c2)sc2c1CCCCC2. The summed E-state index contributed by atoms with van der Waals surface area (Å²) in [4.78, 5) is 39.5. The maximum atomic E-state index is 12.4. The number of hydrogen-bond donors (Lipinski definition) is 1. The number of aryl methyl sites for hydroxylation is 1. The quantitative estimate of drug-likeness (QED) is 0.566. The summed E-state index contributed by atoms with van der Waals surface area (Å²) in [6.45, 7) is 0.185. The predicted octanol–water partition coefficient (Wildman–Crippen LogP) is 3.81. The average molecular weight is 438 g/mol. The second-order valence-corrected chi connectivity index (χ2v) is 8.81. The maximum Gasteiger partial charge on any atom is 0.338 e. The summed E-state index contributed by atoms with van der Waals surface area (Å²) >= 11 is 1.44. The molecule has 1 aliphatic carbocycles. The minimum Gasteiger partial charge on any atom is -0.452 e. The molecule has 0 saturated carbocycles. The molecule has 0 spiro atoms. The first-order valence-electron chi connectivity index (χ1n) is 10.5. The summed E-state index contributed by atoms with van der Waals surface area (Å²) in [6, 6.07) is 8.88. The first-order valence-corrected chi connectivity index (χ1v) is 11.3. The molecule has 0 bridgehead atoms. The maximum absolute atomic E-state index is 12.4. The number of esters is 1. The number of fused-ring (bicyclic) bond motifs is 1. The van der Waals surface area contributed by atoms with E-state index in [1.165, 1.54) is 11.3 Å². The van der Waals surface area contributed by atoms with Crippen LogP contribution in [0.5, 0.6) is 0 Å². The summed E-state index contributed by atoms with van der Waals surface area (Å²) in [5.41, 5.74) is 2.51. The minimum absolute atomic E-state index is 0.0348. The van der Waals surface area contributed by atoms with Crippen LogP contribution in [0.3, 0.4) is 0 Å². The summed E-state index contributed by atoms with van der Waals surface area (Å²) in [7, 11) is 0. The Morgan fingerprint density at radius 2 is 2.00 bits per heavy atom. The molecule has 160 valence electrons. The highest BCUT2D eigenvalue weighted by Crippen LogP contribution is 2.37. The molecule has 1 aromatic heterocycles. The van der Waals surface area contributed by atoms with Crippen LogP contribution in [0.2, 0.25) is 0 Å². The van der Waals surface area contributed by atoms with Gasteiger partial charge in [-0.3, -0.25) is 9.59 Å². The topological polar surface area (TPSA) is 99.5 Å². The predicted molar refractivity (Wildman–Crippen MR) is 117 cm³/mol. The Bertz CT molecular complexity index is 1070. The number of anilines is 2. The third-order valence-corrected chi connectivity index (χ3v) is 6.79. The van der Waals surface area contributed by atoms with Crippen LogP contribution < -0.4 is 10.2 Å². The minimum atomic E-state index is -0.633. The number of rotatable bonds is 5. The lowest BCUT2D eigenvalue weighted by molar-refractivity contribution is -0.119. The fourth-order valence-electron chi connectivity index (χ4n) is 4.05. The van der Waals surface area contributed by atoms with Gasteiger partial charge in [-0.15, -0.1) is 11.3 Å². The van der Waals surface area contributed by atoms with Crippen molar-refractivity contribution in [2.45, 2.75) is 44.9 Å². The normalized spacial score (nSPS) is 15.7. The first kappa shape index (κ1) is 21.1. The van der Waals surface area contributed by atoms with E-state index in [4.69, 9.17) is 4.74 Å². The van der Waals surface area contributed by atoms with Gasteiger partial charge < -0.3 is 15.0 Å². The second-order valence-electron chi connectivity index (χ2n) is 7.70. The van der Waals surface area contributed by atoms with Gasteiger partial charge in [-0.05, 0) is 55.9 Å². The molecule has 8 heteroatoms. The zero-order valence-corrected chi connectivity index (χ0v) is 17.9. The molecule has 0 atom stereocenters. The summed E-state index contributed by atoms with van der Waals surface area (Å²) < 4.78 is 5.17. The van der Waals surface area contributed by atoms with Crippen molar-refractivity contribution in [2.75, 3.05) is 23.4 Å². The molecular weight excluding hydrogens is 414 g/mol. The van der Waals surface area contributed by atoms with Gasteiger partial charge in [0, 0.05) is 23.5 Å². The van der Waals surface area contributed by atoms with E-state index in [0.29, 0.717) is 29.2 Å². The Labute approximate surface area is 184 Å². The third-order valence-electron chi connectivity index (χ3n) is 5.59. The molecule has 2 amide bonds. The highest BCUT2D eigenvalue weighted by Gasteiger charge is 2.23. The van der Waals surface area contributed by atoms with Crippen LogP contribution in [0.25, 0.3) is 0 Å². The molecule has 1 N–H and O–H groups in total. The van der Waals surface area contributed by atoms with Gasteiger partial charge in [0.05, 0.1) is 11.1 Å². The van der Waals surface area contributed by atoms with Crippen molar-refractivity contribution in [3.63, 3.8) is 0 Å². The number of ether oxygens (including phenoxy) is 1. The van der Waals surface area contributed by atoms with Crippen LogP contribution in [-0.4, -0.2) is 30.9 Å². The standard InChI is InChI=1S/C23H23N3O4S/c24-13-18-17-8-2-1-3-9-19(17)31-22(18)25-20(27)14-30-23(29)15-6-4-7-16(12-15)26-11-5-10-21(26)28/h4,6-7,12H,1-3,5,8-11,14H2,(H,25,27). The molecule has 1 aromatic carbocycles. The van der Waals surface area contributed by atoms with Crippen molar-refractivity contribution in [3.8, 4) is 6.07 Å². The lowest BCUT2D eigenvalue weighted by Gasteiger charge is -2.16. The number of nitrogens with zero attached hydrogens (tertiary/aromatic N) is 2. The molecular formula is C23H23N3O4S. The fraction of sp³-hybridized carbons (Fsp3) is 0.391. The van der Waals surface area contributed by atoms with E-state index in [0.717, 1.165) is 49.0 Å². The molecule has 2 aliphatic rings. The Morgan fingerprint density at radius 1 is 1.16 bits per heavy atom. The van der Waals surface area contributed by atoms with Crippen molar-refractivity contribution < 1.29 is 19.1 Å². The van der Waals surface area contributed by atoms with E-state index in [-0.39, 0.29) is 11.5 Å². The van der Waals surface area contributed by atoms with E-state index >= 15 is 0 Å². The number of carbonyl (C=O) groups is 3. The largest absolute Gasteiger partial charge is 0.452 e. The molecule has 1 saturated heterocycles. The number of thiophene rings is 1. The first-order chi connectivity index (χ1) is 15.1. The van der Waals surface area contributed by atoms with Crippen LogP contribution in [0.4, 0.5) is 10.7 Å². The fourth-order valence-corrected chi connectivity index (χ4v) is 5.30. The highest BCUT2D eigenvalue weighted by atomic mass is 32.1. The van der Waals surface area contributed by atoms with Crippen LogP contribution >= 0.6 is 11.3 Å². The molecule has 2 aromatic rings. The molecule has 1 aliphatic heterocycles. The van der Waals surface area contributed by atoms with Gasteiger partial charge in [-0.25, -0.2) is 4.79 Å². The number of hydrogen-bond acceptors (Lipinski definition) is 6. The Balaban J connectivity index is 1.38. The van der Waals surface area contributed by atoms with Gasteiger partial charge >= 0.3 is 5.97 Å². The average Bonchev–Trinajstić information content (AvgIpc) is 3.26. The van der Waals surface area contributed by atoms with Crippen molar-refractivity contribution in [3.05, 3.63) is 45.8 Å². The van der Waals surface area contributed by atoms with Crippen molar-refractivity contribution >= 4 is 39.8 Å². The molecule has 0 radical (unpaired) electrons. The summed E-state index contributed by atoms with van der Waals surface area (Å²) in [5, 5.41) is 12.8. The zero-order valence-electron chi connectivity index (χ0n) is 17.1. The monoisotopic (exact) mass is 437 g/mol. The van der Waals surface area contributed by atoms with Gasteiger partial charge in [0.25, 0.3) is 5.91 Å². The van der Waals surface area contributed by atoms with E-state index in [1.807, 2.05) is 0 Å². The number of benzene rings is 1. The Hall–Kier alpha value is -3.18. The lowest BCUT2D eigenvalue weighted by atomic mass is 10.1. The number of amides is 2. The van der Waals surface area contributed by atoms with Gasteiger partial charge in [-0.1, -0.05) is 12.5 Å². The molecule has 4 rings (SSSR count). The molecule has 2 heterocycles.